The highest BCUT2D eigenvalue weighted by atomic mass is 16.7. The minimum atomic E-state index is -0.500. The van der Waals surface area contributed by atoms with Gasteiger partial charge in [0.25, 0.3) is 0 Å². The number of rotatable bonds is 8. The van der Waals surface area contributed by atoms with E-state index in [1.54, 1.807) is 14.2 Å². The molecule has 130 valence electrons. The lowest BCUT2D eigenvalue weighted by atomic mass is 10.1. The van der Waals surface area contributed by atoms with Gasteiger partial charge in [-0.3, -0.25) is 0 Å². The van der Waals surface area contributed by atoms with Crippen LogP contribution < -0.4 is 10.6 Å². The summed E-state index contributed by atoms with van der Waals surface area (Å²) in [5.41, 5.74) is 1.65. The van der Waals surface area contributed by atoms with Gasteiger partial charge in [0.1, 0.15) is 5.60 Å². The summed E-state index contributed by atoms with van der Waals surface area (Å²) in [7, 11) is 3.21. The SMILES string of the molecule is COC(CNCc1ccccc1CNC(=O)OC(C)(C)C)OC. The van der Waals surface area contributed by atoms with Crippen molar-refractivity contribution in [2.24, 2.45) is 0 Å². The predicted molar refractivity (Wildman–Crippen MR) is 89.0 cm³/mol. The highest BCUT2D eigenvalue weighted by Crippen LogP contribution is 2.10. The molecule has 0 aromatic heterocycles. The minimum Gasteiger partial charge on any atom is -0.444 e. The van der Waals surface area contributed by atoms with E-state index < -0.39 is 11.7 Å². The molecule has 0 unspecified atom stereocenters. The van der Waals surface area contributed by atoms with Crippen LogP contribution in [0.1, 0.15) is 31.9 Å². The summed E-state index contributed by atoms with van der Waals surface area (Å²) >= 11 is 0. The number of hydrogen-bond acceptors (Lipinski definition) is 5. The fourth-order valence-corrected chi connectivity index (χ4v) is 1.97. The first kappa shape index (κ1) is 19.4. The average molecular weight is 324 g/mol. The van der Waals surface area contributed by atoms with Crippen molar-refractivity contribution in [2.45, 2.75) is 45.8 Å². The van der Waals surface area contributed by atoms with E-state index in [1.807, 2.05) is 45.0 Å². The highest BCUT2D eigenvalue weighted by Gasteiger charge is 2.16. The number of methoxy groups -OCH3 is 2. The smallest absolute Gasteiger partial charge is 0.407 e. The number of carbonyl (C=O) groups is 1. The lowest BCUT2D eigenvalue weighted by molar-refractivity contribution is -0.0989. The first-order valence-corrected chi connectivity index (χ1v) is 7.65. The Balaban J connectivity index is 2.52. The van der Waals surface area contributed by atoms with Crippen LogP contribution in [-0.2, 0) is 27.3 Å². The molecule has 0 bridgehead atoms. The van der Waals surface area contributed by atoms with Gasteiger partial charge in [-0.25, -0.2) is 4.79 Å². The monoisotopic (exact) mass is 324 g/mol. The maximum Gasteiger partial charge on any atom is 0.407 e. The molecular weight excluding hydrogens is 296 g/mol. The molecule has 0 aliphatic carbocycles. The quantitative estimate of drug-likeness (QED) is 0.719. The Morgan fingerprint density at radius 2 is 1.65 bits per heavy atom. The van der Waals surface area contributed by atoms with Crippen molar-refractivity contribution in [3.63, 3.8) is 0 Å². The van der Waals surface area contributed by atoms with Crippen LogP contribution >= 0.6 is 0 Å². The second-order valence-electron chi connectivity index (χ2n) is 6.16. The van der Waals surface area contributed by atoms with Gasteiger partial charge in [0.15, 0.2) is 6.29 Å². The van der Waals surface area contributed by atoms with E-state index in [9.17, 15) is 4.79 Å². The predicted octanol–water partition coefficient (Wildman–Crippen LogP) is 2.42. The van der Waals surface area contributed by atoms with E-state index in [-0.39, 0.29) is 6.29 Å². The maximum absolute atomic E-state index is 11.7. The summed E-state index contributed by atoms with van der Waals surface area (Å²) in [6.07, 6.45) is -0.693. The van der Waals surface area contributed by atoms with Crippen molar-refractivity contribution in [1.29, 1.82) is 0 Å². The molecule has 1 aromatic rings. The number of nitrogens with one attached hydrogen (secondary N) is 2. The van der Waals surface area contributed by atoms with E-state index in [0.29, 0.717) is 19.6 Å². The molecule has 0 spiro atoms. The lowest BCUT2D eigenvalue weighted by Crippen LogP contribution is -2.33. The molecule has 2 N–H and O–H groups in total. The molecular formula is C17H28N2O4. The second-order valence-corrected chi connectivity index (χ2v) is 6.16. The Bertz CT molecular complexity index is 482. The molecule has 0 fully saturated rings. The lowest BCUT2D eigenvalue weighted by Gasteiger charge is -2.20. The summed E-state index contributed by atoms with van der Waals surface area (Å²) in [6.45, 7) is 7.19. The molecule has 0 atom stereocenters. The number of amides is 1. The third-order valence-corrected chi connectivity index (χ3v) is 3.09. The Labute approximate surface area is 138 Å². The molecule has 23 heavy (non-hydrogen) atoms. The topological polar surface area (TPSA) is 68.8 Å². The van der Waals surface area contributed by atoms with Gasteiger partial charge < -0.3 is 24.8 Å². The van der Waals surface area contributed by atoms with E-state index in [1.165, 1.54) is 0 Å². The van der Waals surface area contributed by atoms with E-state index in [0.717, 1.165) is 11.1 Å². The molecule has 6 nitrogen and oxygen atoms in total. The van der Waals surface area contributed by atoms with Gasteiger partial charge in [-0.1, -0.05) is 24.3 Å². The van der Waals surface area contributed by atoms with Crippen molar-refractivity contribution < 1.29 is 19.0 Å². The number of carbonyl (C=O) groups excluding carboxylic acids is 1. The summed E-state index contributed by atoms with van der Waals surface area (Å²) in [5, 5.41) is 6.06. The molecule has 1 aromatic carbocycles. The van der Waals surface area contributed by atoms with Crippen LogP contribution in [-0.4, -0.2) is 38.7 Å². The van der Waals surface area contributed by atoms with E-state index in [2.05, 4.69) is 10.6 Å². The molecule has 0 saturated heterocycles. The van der Waals surface area contributed by atoms with Gasteiger partial charge >= 0.3 is 6.09 Å². The molecule has 0 radical (unpaired) electrons. The van der Waals surface area contributed by atoms with Gasteiger partial charge in [-0.15, -0.1) is 0 Å². The van der Waals surface area contributed by atoms with E-state index in [4.69, 9.17) is 14.2 Å². The Hall–Kier alpha value is -1.63. The largest absolute Gasteiger partial charge is 0.444 e. The number of benzene rings is 1. The van der Waals surface area contributed by atoms with Crippen molar-refractivity contribution in [1.82, 2.24) is 10.6 Å². The van der Waals surface area contributed by atoms with Crippen molar-refractivity contribution >= 4 is 6.09 Å². The zero-order valence-corrected chi connectivity index (χ0v) is 14.6. The van der Waals surface area contributed by atoms with Crippen LogP contribution in [0.2, 0.25) is 0 Å². The van der Waals surface area contributed by atoms with Gasteiger partial charge in [-0.2, -0.15) is 0 Å². The number of ether oxygens (including phenoxy) is 3. The molecule has 1 rings (SSSR count). The number of alkyl carbamates (subject to hydrolysis) is 1. The highest BCUT2D eigenvalue weighted by molar-refractivity contribution is 5.67. The van der Waals surface area contributed by atoms with Gasteiger partial charge in [0, 0.05) is 33.9 Å². The maximum atomic E-state index is 11.7. The van der Waals surface area contributed by atoms with Crippen LogP contribution in [0.3, 0.4) is 0 Å². The van der Waals surface area contributed by atoms with Crippen LogP contribution in [0, 0.1) is 0 Å². The van der Waals surface area contributed by atoms with E-state index >= 15 is 0 Å². The fourth-order valence-electron chi connectivity index (χ4n) is 1.97. The van der Waals surface area contributed by atoms with Crippen LogP contribution in [0.15, 0.2) is 24.3 Å². The third kappa shape index (κ3) is 7.97. The first-order chi connectivity index (χ1) is 10.9. The molecule has 0 aliphatic rings. The summed E-state index contributed by atoms with van der Waals surface area (Å²) < 4.78 is 15.5. The third-order valence-electron chi connectivity index (χ3n) is 3.09. The standard InChI is InChI=1S/C17H28N2O4/c1-17(2,3)23-16(20)19-11-14-9-7-6-8-13(14)10-18-12-15(21-4)22-5/h6-9,15,18H,10-12H2,1-5H3,(H,19,20). The van der Waals surface area contributed by atoms with Gasteiger partial charge in [0.05, 0.1) is 0 Å². The normalized spacial score (nSPS) is 11.6. The number of hydrogen-bond donors (Lipinski definition) is 2. The molecule has 6 heteroatoms. The van der Waals surface area contributed by atoms with Gasteiger partial charge in [-0.05, 0) is 31.9 Å². The molecule has 0 aliphatic heterocycles. The van der Waals surface area contributed by atoms with Crippen molar-refractivity contribution in [3.8, 4) is 0 Å². The fraction of sp³-hybridized carbons (Fsp3) is 0.588. The van der Waals surface area contributed by atoms with Gasteiger partial charge in [0.2, 0.25) is 0 Å². The van der Waals surface area contributed by atoms with Crippen molar-refractivity contribution in [2.75, 3.05) is 20.8 Å². The van der Waals surface area contributed by atoms with Crippen LogP contribution in [0.25, 0.3) is 0 Å². The van der Waals surface area contributed by atoms with Crippen LogP contribution in [0.5, 0.6) is 0 Å². The average Bonchev–Trinajstić information content (AvgIpc) is 2.49. The molecule has 0 saturated carbocycles. The zero-order valence-electron chi connectivity index (χ0n) is 14.6. The Kier molecular flexibility index (Phi) is 8.02. The Morgan fingerprint density at radius 3 is 2.17 bits per heavy atom. The van der Waals surface area contributed by atoms with Crippen molar-refractivity contribution in [3.05, 3.63) is 35.4 Å². The van der Waals surface area contributed by atoms with Crippen LogP contribution in [0.4, 0.5) is 4.79 Å². The molecule has 0 heterocycles. The molecule has 1 amide bonds. The summed E-state index contributed by atoms with van der Waals surface area (Å²) in [6, 6.07) is 7.92. The Morgan fingerprint density at radius 1 is 1.09 bits per heavy atom. The first-order valence-electron chi connectivity index (χ1n) is 7.65. The summed E-state index contributed by atoms with van der Waals surface area (Å²) in [5.74, 6) is 0. The minimum absolute atomic E-state index is 0.276. The zero-order chi connectivity index (χ0) is 17.3. The second kappa shape index (κ2) is 9.50. The summed E-state index contributed by atoms with van der Waals surface area (Å²) in [4.78, 5) is 11.7.